The molecule has 0 saturated carbocycles. The van der Waals surface area contributed by atoms with Gasteiger partial charge in [0.05, 0.1) is 25.1 Å². The Balaban J connectivity index is 0.000000581. The molecule has 0 radical (unpaired) electrons. The molecule has 2 rings (SSSR count). The standard InChI is InChI=1S/C9H13N3O.2C2H6/c1-8-6-10-7-9(11-8)12-2-4-13-5-3-12;2*1-2/h6-7H,2-5H2,1H3;2*1-2H3. The lowest BCUT2D eigenvalue weighted by Gasteiger charge is -2.27. The lowest BCUT2D eigenvalue weighted by molar-refractivity contribution is 0.122. The van der Waals surface area contributed by atoms with Crippen LogP contribution in [-0.4, -0.2) is 36.3 Å². The smallest absolute Gasteiger partial charge is 0.147 e. The number of hydrogen-bond acceptors (Lipinski definition) is 4. The summed E-state index contributed by atoms with van der Waals surface area (Å²) >= 11 is 0. The van der Waals surface area contributed by atoms with E-state index >= 15 is 0 Å². The lowest BCUT2D eigenvalue weighted by atomic mass is 10.4. The van der Waals surface area contributed by atoms with Crippen LogP contribution in [0, 0.1) is 6.92 Å². The second kappa shape index (κ2) is 10.0. The van der Waals surface area contributed by atoms with Gasteiger partial charge in [0.25, 0.3) is 0 Å². The molecule has 0 amide bonds. The predicted octanol–water partition coefficient (Wildman–Crippen LogP) is 2.67. The third-order valence-corrected chi connectivity index (χ3v) is 2.08. The Hall–Kier alpha value is -1.16. The maximum absolute atomic E-state index is 5.26. The van der Waals surface area contributed by atoms with Crippen molar-refractivity contribution in [2.75, 3.05) is 31.2 Å². The van der Waals surface area contributed by atoms with Crippen LogP contribution in [0.25, 0.3) is 0 Å². The highest BCUT2D eigenvalue weighted by Gasteiger charge is 2.11. The number of hydrogen-bond donors (Lipinski definition) is 0. The molecule has 0 N–H and O–H groups in total. The number of anilines is 1. The molecule has 0 bridgehead atoms. The van der Waals surface area contributed by atoms with Crippen LogP contribution in [0.4, 0.5) is 5.82 Å². The number of rotatable bonds is 1. The van der Waals surface area contributed by atoms with E-state index in [2.05, 4.69) is 14.9 Å². The van der Waals surface area contributed by atoms with Crippen molar-refractivity contribution in [3.63, 3.8) is 0 Å². The summed E-state index contributed by atoms with van der Waals surface area (Å²) in [7, 11) is 0. The molecule has 98 valence electrons. The highest BCUT2D eigenvalue weighted by Crippen LogP contribution is 2.10. The van der Waals surface area contributed by atoms with Gasteiger partial charge in [0.2, 0.25) is 0 Å². The molecule has 1 aliphatic heterocycles. The summed E-state index contributed by atoms with van der Waals surface area (Å²) in [5.41, 5.74) is 0.962. The molecule has 4 nitrogen and oxygen atoms in total. The fraction of sp³-hybridized carbons (Fsp3) is 0.692. The number of nitrogens with zero attached hydrogens (tertiary/aromatic N) is 3. The van der Waals surface area contributed by atoms with E-state index in [0.29, 0.717) is 0 Å². The normalized spacial score (nSPS) is 14.1. The van der Waals surface area contributed by atoms with Gasteiger partial charge in [-0.3, -0.25) is 4.98 Å². The van der Waals surface area contributed by atoms with Crippen LogP contribution in [0.3, 0.4) is 0 Å². The van der Waals surface area contributed by atoms with E-state index in [1.54, 1.807) is 12.4 Å². The molecule has 4 heteroatoms. The highest BCUT2D eigenvalue weighted by atomic mass is 16.5. The van der Waals surface area contributed by atoms with E-state index < -0.39 is 0 Å². The minimum absolute atomic E-state index is 0.787. The average molecular weight is 239 g/mol. The van der Waals surface area contributed by atoms with Crippen LogP contribution in [0.5, 0.6) is 0 Å². The summed E-state index contributed by atoms with van der Waals surface area (Å²) in [5, 5.41) is 0. The average Bonchev–Trinajstić information content (AvgIpc) is 2.44. The van der Waals surface area contributed by atoms with Gasteiger partial charge in [-0.25, -0.2) is 4.98 Å². The SMILES string of the molecule is CC.CC.Cc1cncc(N2CCOCC2)n1. The Bertz CT molecular complexity index is 286. The summed E-state index contributed by atoms with van der Waals surface area (Å²) < 4.78 is 5.26. The van der Waals surface area contributed by atoms with Gasteiger partial charge in [0.15, 0.2) is 0 Å². The van der Waals surface area contributed by atoms with E-state index in [9.17, 15) is 0 Å². The second-order valence-electron chi connectivity index (χ2n) is 3.12. The van der Waals surface area contributed by atoms with E-state index in [-0.39, 0.29) is 0 Å². The summed E-state index contributed by atoms with van der Waals surface area (Å²) in [6, 6.07) is 0. The second-order valence-corrected chi connectivity index (χ2v) is 3.12. The summed E-state index contributed by atoms with van der Waals surface area (Å²) in [6.45, 7) is 13.4. The maximum atomic E-state index is 5.26. The Morgan fingerprint density at radius 2 is 1.65 bits per heavy atom. The first-order valence-corrected chi connectivity index (χ1v) is 6.47. The van der Waals surface area contributed by atoms with Crippen molar-refractivity contribution in [2.45, 2.75) is 34.6 Å². The van der Waals surface area contributed by atoms with Gasteiger partial charge >= 0.3 is 0 Å². The third-order valence-electron chi connectivity index (χ3n) is 2.08. The fourth-order valence-electron chi connectivity index (χ4n) is 1.40. The van der Waals surface area contributed by atoms with Crippen molar-refractivity contribution < 1.29 is 4.74 Å². The Morgan fingerprint density at radius 3 is 2.18 bits per heavy atom. The van der Waals surface area contributed by atoms with Crippen LogP contribution < -0.4 is 4.90 Å². The maximum Gasteiger partial charge on any atom is 0.147 e. The monoisotopic (exact) mass is 239 g/mol. The lowest BCUT2D eigenvalue weighted by Crippen LogP contribution is -2.36. The molecule has 1 fully saturated rings. The van der Waals surface area contributed by atoms with Gasteiger partial charge in [-0.05, 0) is 6.92 Å². The Kier molecular flexibility index (Phi) is 9.34. The molecule has 1 saturated heterocycles. The number of morpholine rings is 1. The summed E-state index contributed by atoms with van der Waals surface area (Å²) in [4.78, 5) is 10.7. The van der Waals surface area contributed by atoms with Crippen LogP contribution in [-0.2, 0) is 4.74 Å². The first-order chi connectivity index (χ1) is 8.36. The molecule has 1 aliphatic rings. The van der Waals surface area contributed by atoms with Gasteiger partial charge in [0, 0.05) is 19.3 Å². The molecule has 0 spiro atoms. The molecule has 0 aromatic carbocycles. The van der Waals surface area contributed by atoms with E-state index in [1.165, 1.54) is 0 Å². The van der Waals surface area contributed by atoms with Gasteiger partial charge in [-0.1, -0.05) is 27.7 Å². The zero-order valence-corrected chi connectivity index (χ0v) is 11.7. The van der Waals surface area contributed by atoms with Crippen molar-refractivity contribution in [3.8, 4) is 0 Å². The third kappa shape index (κ3) is 5.63. The Morgan fingerprint density at radius 1 is 1.06 bits per heavy atom. The molecule has 0 atom stereocenters. The zero-order chi connectivity index (χ0) is 13.1. The minimum Gasteiger partial charge on any atom is -0.378 e. The quantitative estimate of drug-likeness (QED) is 0.755. The predicted molar refractivity (Wildman–Crippen MR) is 72.5 cm³/mol. The van der Waals surface area contributed by atoms with Crippen LogP contribution in [0.15, 0.2) is 12.4 Å². The van der Waals surface area contributed by atoms with Gasteiger partial charge in [-0.15, -0.1) is 0 Å². The molecular weight excluding hydrogens is 214 g/mol. The summed E-state index contributed by atoms with van der Waals surface area (Å²) in [5.74, 6) is 0.961. The van der Waals surface area contributed by atoms with E-state index in [4.69, 9.17) is 4.74 Å². The fourth-order valence-corrected chi connectivity index (χ4v) is 1.40. The van der Waals surface area contributed by atoms with Crippen LogP contribution >= 0.6 is 0 Å². The number of aryl methyl sites for hydroxylation is 1. The molecule has 0 aliphatic carbocycles. The Labute approximate surface area is 105 Å². The van der Waals surface area contributed by atoms with E-state index in [0.717, 1.165) is 37.8 Å². The van der Waals surface area contributed by atoms with Gasteiger partial charge in [0.1, 0.15) is 5.82 Å². The van der Waals surface area contributed by atoms with Crippen molar-refractivity contribution in [2.24, 2.45) is 0 Å². The molecule has 0 unspecified atom stereocenters. The van der Waals surface area contributed by atoms with Crippen molar-refractivity contribution in [3.05, 3.63) is 18.1 Å². The first kappa shape index (κ1) is 15.8. The van der Waals surface area contributed by atoms with Crippen LogP contribution in [0.2, 0.25) is 0 Å². The minimum atomic E-state index is 0.787. The number of aromatic nitrogens is 2. The highest BCUT2D eigenvalue weighted by molar-refractivity contribution is 5.36. The van der Waals surface area contributed by atoms with Crippen molar-refractivity contribution >= 4 is 5.82 Å². The van der Waals surface area contributed by atoms with E-state index in [1.807, 2.05) is 34.6 Å². The van der Waals surface area contributed by atoms with Gasteiger partial charge in [-0.2, -0.15) is 0 Å². The van der Waals surface area contributed by atoms with Crippen LogP contribution in [0.1, 0.15) is 33.4 Å². The molecule has 17 heavy (non-hydrogen) atoms. The van der Waals surface area contributed by atoms with Crippen molar-refractivity contribution in [1.82, 2.24) is 9.97 Å². The summed E-state index contributed by atoms with van der Waals surface area (Å²) in [6.07, 6.45) is 3.57. The molecule has 1 aromatic rings. The molecular formula is C13H25N3O. The first-order valence-electron chi connectivity index (χ1n) is 6.47. The largest absolute Gasteiger partial charge is 0.378 e. The zero-order valence-electron chi connectivity index (χ0n) is 11.7. The van der Waals surface area contributed by atoms with Gasteiger partial charge < -0.3 is 9.64 Å². The topological polar surface area (TPSA) is 38.2 Å². The van der Waals surface area contributed by atoms with Crippen molar-refractivity contribution in [1.29, 1.82) is 0 Å². The number of ether oxygens (including phenoxy) is 1. The molecule has 1 aromatic heterocycles. The molecule has 2 heterocycles.